The van der Waals surface area contributed by atoms with Crippen molar-refractivity contribution in [3.63, 3.8) is 0 Å². The molecule has 1 amide bonds. The van der Waals surface area contributed by atoms with Crippen LogP contribution in [0.3, 0.4) is 0 Å². The van der Waals surface area contributed by atoms with Crippen molar-refractivity contribution in [1.82, 2.24) is 9.88 Å². The smallest absolute Gasteiger partial charge is 0.274 e. The summed E-state index contributed by atoms with van der Waals surface area (Å²) in [6.45, 7) is 6.60. The topological polar surface area (TPSA) is 75.7 Å². The van der Waals surface area contributed by atoms with Crippen LogP contribution in [0.2, 0.25) is 0 Å². The van der Waals surface area contributed by atoms with Crippen molar-refractivity contribution < 1.29 is 14.3 Å². The van der Waals surface area contributed by atoms with Crippen LogP contribution in [0.25, 0.3) is 11.1 Å². The number of pyridine rings is 1. The van der Waals surface area contributed by atoms with Crippen molar-refractivity contribution in [3.8, 4) is 16.9 Å². The van der Waals surface area contributed by atoms with Gasteiger partial charge in [0.1, 0.15) is 11.4 Å². The Morgan fingerprint density at radius 3 is 2.32 bits per heavy atom. The number of hydrogen-bond donors (Lipinski definition) is 2. The van der Waals surface area contributed by atoms with E-state index < -0.39 is 0 Å². The van der Waals surface area contributed by atoms with Gasteiger partial charge in [-0.1, -0.05) is 24.3 Å². The van der Waals surface area contributed by atoms with E-state index in [0.717, 1.165) is 52.3 Å². The molecular weight excluding hydrogens is 428 g/mol. The maximum Gasteiger partial charge on any atom is 0.274 e. The zero-order valence-electron chi connectivity index (χ0n) is 20.4. The lowest BCUT2D eigenvalue weighted by atomic mass is 9.94. The summed E-state index contributed by atoms with van der Waals surface area (Å²) in [7, 11) is 5.27. The Bertz CT molecular complexity index is 1190. The molecule has 1 aliphatic heterocycles. The van der Waals surface area contributed by atoms with Crippen LogP contribution in [0.4, 0.5) is 11.4 Å². The first-order chi connectivity index (χ1) is 16.4. The summed E-state index contributed by atoms with van der Waals surface area (Å²) in [5.41, 5.74) is 7.48. The normalized spacial score (nSPS) is 13.9. The molecule has 4 rings (SSSR count). The number of anilines is 2. The minimum absolute atomic E-state index is 0.269. The molecular formula is C27H32N4O3. The van der Waals surface area contributed by atoms with Crippen molar-refractivity contribution in [2.24, 2.45) is 0 Å². The maximum atomic E-state index is 13.1. The number of likely N-dealkylation sites (tertiary alicyclic amines) is 1. The van der Waals surface area contributed by atoms with Crippen molar-refractivity contribution >= 4 is 17.3 Å². The number of carbonyl (C=O) groups is 1. The van der Waals surface area contributed by atoms with Crippen LogP contribution >= 0.6 is 0 Å². The summed E-state index contributed by atoms with van der Waals surface area (Å²) in [5, 5.41) is 6.27. The molecule has 3 aromatic rings. The minimum atomic E-state index is -0.269. The standard InChI is InChI=1S/C27H32N4O3/c1-17-21(8-6-10-23(17)28-3)22-9-7-11-24(18(22)2)30-27(32)25-12-26(34-5)19(13-29-25)14-31-15-20(16-31)33-4/h6-13,20,28H,14-16H2,1-5H3,(H,30,32). The zero-order chi connectivity index (χ0) is 24.2. The molecule has 2 N–H and O–H groups in total. The number of amides is 1. The van der Waals surface area contributed by atoms with Crippen LogP contribution in [-0.4, -0.2) is 56.3 Å². The largest absolute Gasteiger partial charge is 0.496 e. The van der Waals surface area contributed by atoms with Crippen molar-refractivity contribution in [1.29, 1.82) is 0 Å². The number of benzene rings is 2. The summed E-state index contributed by atoms with van der Waals surface area (Å²) in [6, 6.07) is 13.8. The predicted molar refractivity (Wildman–Crippen MR) is 136 cm³/mol. The van der Waals surface area contributed by atoms with Crippen LogP contribution in [0.1, 0.15) is 27.2 Å². The summed E-state index contributed by atoms with van der Waals surface area (Å²) in [4.78, 5) is 19.7. The Hall–Kier alpha value is -3.42. The lowest BCUT2D eigenvalue weighted by molar-refractivity contribution is -0.0336. The molecule has 1 saturated heterocycles. The van der Waals surface area contributed by atoms with Crippen LogP contribution in [0.15, 0.2) is 48.7 Å². The highest BCUT2D eigenvalue weighted by Gasteiger charge is 2.27. The summed E-state index contributed by atoms with van der Waals surface area (Å²) < 4.78 is 10.9. The number of rotatable bonds is 8. The number of carbonyl (C=O) groups excluding carboxylic acids is 1. The third-order valence-corrected chi connectivity index (χ3v) is 6.52. The second kappa shape index (κ2) is 10.2. The van der Waals surface area contributed by atoms with Gasteiger partial charge in [-0.2, -0.15) is 0 Å². The van der Waals surface area contributed by atoms with E-state index in [1.165, 1.54) is 0 Å². The first-order valence-corrected chi connectivity index (χ1v) is 11.4. The molecule has 7 heteroatoms. The third kappa shape index (κ3) is 4.76. The average molecular weight is 461 g/mol. The molecule has 2 heterocycles. The third-order valence-electron chi connectivity index (χ3n) is 6.52. The lowest BCUT2D eigenvalue weighted by Crippen LogP contribution is -2.50. The highest BCUT2D eigenvalue weighted by molar-refractivity contribution is 6.04. The highest BCUT2D eigenvalue weighted by atomic mass is 16.5. The molecule has 0 bridgehead atoms. The van der Waals surface area contributed by atoms with Crippen LogP contribution in [0, 0.1) is 13.8 Å². The molecule has 178 valence electrons. The van der Waals surface area contributed by atoms with Gasteiger partial charge in [-0.15, -0.1) is 0 Å². The lowest BCUT2D eigenvalue weighted by Gasteiger charge is -2.38. The van der Waals surface area contributed by atoms with Crippen molar-refractivity contribution in [2.75, 3.05) is 45.0 Å². The number of nitrogens with zero attached hydrogens (tertiary/aromatic N) is 2. The Labute approximate surface area is 201 Å². The molecule has 2 aromatic carbocycles. The number of nitrogens with one attached hydrogen (secondary N) is 2. The van der Waals surface area contributed by atoms with E-state index in [-0.39, 0.29) is 12.0 Å². The van der Waals surface area contributed by atoms with Gasteiger partial charge in [0.15, 0.2) is 0 Å². The Morgan fingerprint density at radius 2 is 1.71 bits per heavy atom. The molecule has 0 unspecified atom stereocenters. The van der Waals surface area contributed by atoms with Gasteiger partial charge in [-0.05, 0) is 48.2 Å². The predicted octanol–water partition coefficient (Wildman–Crippen LogP) is 4.50. The summed E-state index contributed by atoms with van der Waals surface area (Å²) in [6.07, 6.45) is 2.01. The summed E-state index contributed by atoms with van der Waals surface area (Å²) in [5.74, 6) is 0.389. The first-order valence-electron chi connectivity index (χ1n) is 11.4. The highest BCUT2D eigenvalue weighted by Crippen LogP contribution is 2.34. The second-order valence-electron chi connectivity index (χ2n) is 8.59. The van der Waals surface area contributed by atoms with E-state index in [9.17, 15) is 4.79 Å². The molecule has 1 aliphatic rings. The maximum absolute atomic E-state index is 13.1. The molecule has 1 fully saturated rings. The number of ether oxygens (including phenoxy) is 2. The van der Waals surface area contributed by atoms with Gasteiger partial charge in [0.25, 0.3) is 5.91 Å². The summed E-state index contributed by atoms with van der Waals surface area (Å²) >= 11 is 0. The van der Waals surface area contributed by atoms with E-state index >= 15 is 0 Å². The Balaban J connectivity index is 1.53. The molecule has 7 nitrogen and oxygen atoms in total. The quantitative estimate of drug-likeness (QED) is 0.516. The monoisotopic (exact) mass is 460 g/mol. The fourth-order valence-corrected chi connectivity index (χ4v) is 4.39. The average Bonchev–Trinajstić information content (AvgIpc) is 2.82. The van der Waals surface area contributed by atoms with Crippen LogP contribution in [-0.2, 0) is 11.3 Å². The van der Waals surface area contributed by atoms with E-state index in [2.05, 4.69) is 45.6 Å². The zero-order valence-corrected chi connectivity index (χ0v) is 20.4. The van der Waals surface area contributed by atoms with Gasteiger partial charge < -0.3 is 20.1 Å². The second-order valence-corrected chi connectivity index (χ2v) is 8.59. The molecule has 0 saturated carbocycles. The molecule has 0 radical (unpaired) electrons. The van der Waals surface area contributed by atoms with E-state index in [1.54, 1.807) is 26.5 Å². The minimum Gasteiger partial charge on any atom is -0.496 e. The van der Waals surface area contributed by atoms with Crippen LogP contribution in [0.5, 0.6) is 5.75 Å². The van der Waals surface area contributed by atoms with Gasteiger partial charge in [0.2, 0.25) is 0 Å². The van der Waals surface area contributed by atoms with E-state index in [1.807, 2.05) is 32.2 Å². The van der Waals surface area contributed by atoms with E-state index in [4.69, 9.17) is 9.47 Å². The molecule has 0 aliphatic carbocycles. The van der Waals surface area contributed by atoms with Crippen molar-refractivity contribution in [2.45, 2.75) is 26.5 Å². The van der Waals surface area contributed by atoms with Gasteiger partial charge in [0.05, 0.1) is 13.2 Å². The molecule has 34 heavy (non-hydrogen) atoms. The fourth-order valence-electron chi connectivity index (χ4n) is 4.39. The van der Waals surface area contributed by atoms with E-state index in [0.29, 0.717) is 18.0 Å². The van der Waals surface area contributed by atoms with Crippen molar-refractivity contribution in [3.05, 3.63) is 71.0 Å². The number of methoxy groups -OCH3 is 2. The first kappa shape index (κ1) is 23.7. The van der Waals surface area contributed by atoms with Gasteiger partial charge in [-0.25, -0.2) is 0 Å². The van der Waals surface area contributed by atoms with Crippen LogP contribution < -0.4 is 15.4 Å². The Kier molecular flexibility index (Phi) is 7.14. The molecule has 0 spiro atoms. The SMILES string of the molecule is CNc1cccc(-c2cccc(NC(=O)c3cc(OC)c(CN4CC(OC)C4)cn3)c2C)c1C. The fraction of sp³-hybridized carbons (Fsp3) is 0.333. The number of aromatic nitrogens is 1. The van der Waals surface area contributed by atoms with Gasteiger partial charge in [0, 0.05) is 63.0 Å². The Morgan fingerprint density at radius 1 is 1.06 bits per heavy atom. The van der Waals surface area contributed by atoms with Gasteiger partial charge >= 0.3 is 0 Å². The van der Waals surface area contributed by atoms with Gasteiger partial charge in [-0.3, -0.25) is 14.7 Å². The number of hydrogen-bond acceptors (Lipinski definition) is 6. The molecule has 1 aromatic heterocycles. The molecule has 0 atom stereocenters.